The van der Waals surface area contributed by atoms with Crippen LogP contribution in [0.3, 0.4) is 0 Å². The molecule has 0 aliphatic heterocycles. The SMILES string of the molecule is N#Cc1ccc(F)c(COc2cccc3c2CCC3=O)c1. The Bertz CT molecular complexity index is 762. The number of fused-ring (bicyclic) bond motifs is 1. The van der Waals surface area contributed by atoms with Crippen LogP contribution in [0.1, 0.15) is 33.5 Å². The maximum absolute atomic E-state index is 13.7. The second-order valence-electron chi connectivity index (χ2n) is 4.91. The Morgan fingerprint density at radius 3 is 2.90 bits per heavy atom. The maximum Gasteiger partial charge on any atom is 0.163 e. The van der Waals surface area contributed by atoms with Crippen molar-refractivity contribution in [2.75, 3.05) is 0 Å². The van der Waals surface area contributed by atoms with Gasteiger partial charge in [0.1, 0.15) is 18.2 Å². The molecule has 0 heterocycles. The Morgan fingerprint density at radius 2 is 2.10 bits per heavy atom. The van der Waals surface area contributed by atoms with E-state index in [0.717, 1.165) is 5.56 Å². The van der Waals surface area contributed by atoms with Gasteiger partial charge in [0.2, 0.25) is 0 Å². The molecule has 0 bridgehead atoms. The summed E-state index contributed by atoms with van der Waals surface area (Å²) in [7, 11) is 0. The Hall–Kier alpha value is -2.67. The molecule has 0 atom stereocenters. The van der Waals surface area contributed by atoms with Crippen molar-refractivity contribution in [3.63, 3.8) is 0 Å². The second kappa shape index (κ2) is 5.37. The summed E-state index contributed by atoms with van der Waals surface area (Å²) in [6.07, 6.45) is 1.15. The molecule has 3 rings (SSSR count). The summed E-state index contributed by atoms with van der Waals surface area (Å²) in [5.74, 6) is 0.325. The predicted molar refractivity (Wildman–Crippen MR) is 74.5 cm³/mol. The van der Waals surface area contributed by atoms with Gasteiger partial charge in [-0.05, 0) is 30.7 Å². The summed E-state index contributed by atoms with van der Waals surface area (Å²) < 4.78 is 19.4. The van der Waals surface area contributed by atoms with E-state index in [1.807, 2.05) is 6.07 Å². The number of benzene rings is 2. The van der Waals surface area contributed by atoms with Gasteiger partial charge in [0.15, 0.2) is 5.78 Å². The van der Waals surface area contributed by atoms with Crippen molar-refractivity contribution in [2.24, 2.45) is 0 Å². The third-order valence-corrected chi connectivity index (χ3v) is 3.59. The van der Waals surface area contributed by atoms with Crippen LogP contribution in [-0.2, 0) is 13.0 Å². The molecule has 0 aromatic heterocycles. The average Bonchev–Trinajstić information content (AvgIpc) is 2.89. The fraction of sp³-hybridized carbons (Fsp3) is 0.176. The molecule has 2 aromatic carbocycles. The van der Waals surface area contributed by atoms with E-state index >= 15 is 0 Å². The van der Waals surface area contributed by atoms with E-state index in [4.69, 9.17) is 10.00 Å². The lowest BCUT2D eigenvalue weighted by Gasteiger charge is -2.11. The molecular weight excluding hydrogens is 269 g/mol. The standard InChI is InChI=1S/C17H12FNO2/c18-15-6-4-11(9-19)8-12(15)10-21-17-3-1-2-13-14(17)5-7-16(13)20/h1-4,6,8H,5,7,10H2. The van der Waals surface area contributed by atoms with Crippen LogP contribution >= 0.6 is 0 Å². The molecule has 0 unspecified atom stereocenters. The number of halogens is 1. The number of carbonyl (C=O) groups excluding carboxylic acids is 1. The van der Waals surface area contributed by atoms with Gasteiger partial charge in [-0.3, -0.25) is 4.79 Å². The molecule has 4 heteroatoms. The molecule has 0 fully saturated rings. The smallest absolute Gasteiger partial charge is 0.163 e. The molecule has 0 N–H and O–H groups in total. The summed E-state index contributed by atoms with van der Waals surface area (Å²) in [5.41, 5.74) is 2.30. The van der Waals surface area contributed by atoms with E-state index in [-0.39, 0.29) is 12.4 Å². The van der Waals surface area contributed by atoms with Crippen LogP contribution < -0.4 is 4.74 Å². The average molecular weight is 281 g/mol. The van der Waals surface area contributed by atoms with Crippen molar-refractivity contribution in [1.29, 1.82) is 5.26 Å². The quantitative estimate of drug-likeness (QED) is 0.866. The summed E-state index contributed by atoms with van der Waals surface area (Å²) in [6.45, 7) is 0.0337. The molecule has 2 aromatic rings. The minimum absolute atomic E-state index is 0.0337. The Labute approximate surface area is 121 Å². The topological polar surface area (TPSA) is 50.1 Å². The van der Waals surface area contributed by atoms with Gasteiger partial charge < -0.3 is 4.74 Å². The zero-order valence-electron chi connectivity index (χ0n) is 11.2. The molecule has 0 spiro atoms. The monoisotopic (exact) mass is 281 g/mol. The van der Waals surface area contributed by atoms with Gasteiger partial charge in [0, 0.05) is 23.1 Å². The number of rotatable bonds is 3. The Morgan fingerprint density at radius 1 is 1.24 bits per heavy atom. The number of nitriles is 1. The van der Waals surface area contributed by atoms with Crippen molar-refractivity contribution < 1.29 is 13.9 Å². The Kier molecular flexibility index (Phi) is 3.41. The van der Waals surface area contributed by atoms with Crippen LogP contribution in [-0.4, -0.2) is 5.78 Å². The minimum Gasteiger partial charge on any atom is -0.488 e. The van der Waals surface area contributed by atoms with Gasteiger partial charge >= 0.3 is 0 Å². The van der Waals surface area contributed by atoms with E-state index in [1.165, 1.54) is 18.2 Å². The van der Waals surface area contributed by atoms with Crippen LogP contribution in [0.2, 0.25) is 0 Å². The first-order valence-corrected chi connectivity index (χ1v) is 6.65. The number of ketones is 1. The molecule has 0 saturated carbocycles. The number of ether oxygens (including phenoxy) is 1. The highest BCUT2D eigenvalue weighted by molar-refractivity contribution is 6.01. The van der Waals surface area contributed by atoms with Gasteiger partial charge in [0.25, 0.3) is 0 Å². The zero-order chi connectivity index (χ0) is 14.8. The van der Waals surface area contributed by atoms with Crippen LogP contribution in [0.25, 0.3) is 0 Å². The molecule has 0 amide bonds. The lowest BCUT2D eigenvalue weighted by Crippen LogP contribution is -2.01. The zero-order valence-corrected chi connectivity index (χ0v) is 11.2. The molecule has 21 heavy (non-hydrogen) atoms. The first-order valence-electron chi connectivity index (χ1n) is 6.65. The number of carbonyl (C=O) groups is 1. The number of hydrogen-bond donors (Lipinski definition) is 0. The number of Topliss-reactive ketones (excluding diaryl/α,β-unsaturated/α-hetero) is 1. The summed E-state index contributed by atoms with van der Waals surface area (Å²) in [6, 6.07) is 11.5. The molecule has 1 aliphatic rings. The van der Waals surface area contributed by atoms with Crippen molar-refractivity contribution in [3.8, 4) is 11.8 Å². The highest BCUT2D eigenvalue weighted by Gasteiger charge is 2.22. The van der Waals surface area contributed by atoms with Crippen molar-refractivity contribution in [2.45, 2.75) is 19.4 Å². The van der Waals surface area contributed by atoms with E-state index in [0.29, 0.717) is 35.3 Å². The molecule has 0 saturated heterocycles. The first kappa shape index (κ1) is 13.3. The molecule has 3 nitrogen and oxygen atoms in total. The van der Waals surface area contributed by atoms with Crippen molar-refractivity contribution in [1.82, 2.24) is 0 Å². The van der Waals surface area contributed by atoms with Crippen LogP contribution in [0.5, 0.6) is 5.75 Å². The normalized spacial score (nSPS) is 12.9. The summed E-state index contributed by atoms with van der Waals surface area (Å²) in [5, 5.41) is 8.84. The van der Waals surface area contributed by atoms with E-state index in [2.05, 4.69) is 0 Å². The molecular formula is C17H12FNO2. The second-order valence-corrected chi connectivity index (χ2v) is 4.91. The van der Waals surface area contributed by atoms with Gasteiger partial charge in [-0.15, -0.1) is 0 Å². The van der Waals surface area contributed by atoms with E-state index < -0.39 is 5.82 Å². The minimum atomic E-state index is -0.405. The molecule has 1 aliphatic carbocycles. The largest absolute Gasteiger partial charge is 0.488 e. The fourth-order valence-electron chi connectivity index (χ4n) is 2.50. The third kappa shape index (κ3) is 2.50. The van der Waals surface area contributed by atoms with Crippen LogP contribution in [0, 0.1) is 17.1 Å². The molecule has 0 radical (unpaired) electrons. The van der Waals surface area contributed by atoms with Gasteiger partial charge in [-0.1, -0.05) is 12.1 Å². The highest BCUT2D eigenvalue weighted by atomic mass is 19.1. The summed E-state index contributed by atoms with van der Waals surface area (Å²) >= 11 is 0. The lowest BCUT2D eigenvalue weighted by atomic mass is 10.1. The van der Waals surface area contributed by atoms with Gasteiger partial charge in [0.05, 0.1) is 11.6 Å². The lowest BCUT2D eigenvalue weighted by molar-refractivity contribution is 0.0994. The molecule has 104 valence electrons. The number of hydrogen-bond acceptors (Lipinski definition) is 3. The van der Waals surface area contributed by atoms with Crippen molar-refractivity contribution >= 4 is 5.78 Å². The van der Waals surface area contributed by atoms with E-state index in [1.54, 1.807) is 18.2 Å². The van der Waals surface area contributed by atoms with Crippen LogP contribution in [0.4, 0.5) is 4.39 Å². The first-order chi connectivity index (χ1) is 10.2. The van der Waals surface area contributed by atoms with E-state index in [9.17, 15) is 9.18 Å². The maximum atomic E-state index is 13.7. The van der Waals surface area contributed by atoms with Crippen molar-refractivity contribution in [3.05, 3.63) is 64.5 Å². The third-order valence-electron chi connectivity index (χ3n) is 3.59. The highest BCUT2D eigenvalue weighted by Crippen LogP contribution is 2.31. The summed E-state index contributed by atoms with van der Waals surface area (Å²) in [4.78, 5) is 11.7. The van der Waals surface area contributed by atoms with Gasteiger partial charge in [-0.25, -0.2) is 4.39 Å². The van der Waals surface area contributed by atoms with Gasteiger partial charge in [-0.2, -0.15) is 5.26 Å². The fourth-order valence-corrected chi connectivity index (χ4v) is 2.50. The Balaban J connectivity index is 1.84. The number of nitrogens with zero attached hydrogens (tertiary/aromatic N) is 1. The predicted octanol–water partition coefficient (Wildman–Crippen LogP) is 3.41. The van der Waals surface area contributed by atoms with Crippen LogP contribution in [0.15, 0.2) is 36.4 Å².